The fraction of sp³-hybridized carbons (Fsp3) is 0.321. The minimum absolute atomic E-state index is 0.159. The predicted octanol–water partition coefficient (Wildman–Crippen LogP) is 4.71. The molecule has 6 atom stereocenters. The van der Waals surface area contributed by atoms with Gasteiger partial charge in [0.25, 0.3) is 0 Å². The molecule has 2 fully saturated rings. The number of amides is 1. The third-order valence-corrected chi connectivity index (χ3v) is 7.38. The Bertz CT molecular complexity index is 1080. The molecule has 35 heavy (non-hydrogen) atoms. The van der Waals surface area contributed by atoms with Gasteiger partial charge in [0.1, 0.15) is 24.5 Å². The van der Waals surface area contributed by atoms with Crippen LogP contribution in [0.3, 0.4) is 0 Å². The highest BCUT2D eigenvalue weighted by Crippen LogP contribution is 2.41. The van der Waals surface area contributed by atoms with Gasteiger partial charge in [-0.15, -0.1) is 11.8 Å². The third-order valence-electron chi connectivity index (χ3n) is 6.04. The first-order chi connectivity index (χ1) is 17.2. The van der Waals surface area contributed by atoms with Crippen molar-refractivity contribution < 1.29 is 23.7 Å². The Morgan fingerprint density at radius 1 is 0.943 bits per heavy atom. The molecule has 1 amide bonds. The van der Waals surface area contributed by atoms with Crippen LogP contribution in [0.1, 0.15) is 24.3 Å². The number of benzene rings is 3. The van der Waals surface area contributed by atoms with E-state index in [-0.39, 0.29) is 29.5 Å². The second-order valence-corrected chi connectivity index (χ2v) is 9.88. The molecule has 0 radical (unpaired) electrons. The van der Waals surface area contributed by atoms with E-state index >= 15 is 0 Å². The zero-order valence-electron chi connectivity index (χ0n) is 19.5. The fourth-order valence-corrected chi connectivity index (χ4v) is 5.67. The van der Waals surface area contributed by atoms with Crippen LogP contribution < -0.4 is 5.32 Å². The Balaban J connectivity index is 1.45. The molecule has 0 bridgehead atoms. The minimum Gasteiger partial charge on any atom is -0.369 e. The molecule has 2 aliphatic heterocycles. The molecule has 0 spiro atoms. The average Bonchev–Trinajstić information content (AvgIpc) is 2.89. The van der Waals surface area contributed by atoms with Crippen molar-refractivity contribution in [3.63, 3.8) is 0 Å². The van der Waals surface area contributed by atoms with Crippen molar-refractivity contribution >= 4 is 17.7 Å². The molecule has 7 heteroatoms. The van der Waals surface area contributed by atoms with Crippen molar-refractivity contribution in [2.45, 2.75) is 54.5 Å². The fourth-order valence-electron chi connectivity index (χ4n) is 4.42. The standard InChI is InChI=1S/C28H29NO5S/c1-19(30)29-27-26(35-22-15-9-4-10-16-22)25(31-17-20-11-5-2-6-12-20)24-23(33-27)18-32-28(34-24)21-13-7-3-8-14-21/h2-16,23-28H,17-18H2,1H3,(H,29,30)/t23-,24-,25+,26-,27-,28?/m1/s1. The number of hydrogen-bond acceptors (Lipinski definition) is 6. The maximum Gasteiger partial charge on any atom is 0.218 e. The number of rotatable bonds is 7. The summed E-state index contributed by atoms with van der Waals surface area (Å²) in [5, 5.41) is 2.75. The zero-order chi connectivity index (χ0) is 24.0. The van der Waals surface area contributed by atoms with Crippen LogP contribution in [-0.2, 0) is 30.3 Å². The summed E-state index contributed by atoms with van der Waals surface area (Å²) in [4.78, 5) is 13.2. The molecule has 6 nitrogen and oxygen atoms in total. The van der Waals surface area contributed by atoms with Gasteiger partial charge in [0, 0.05) is 17.4 Å². The summed E-state index contributed by atoms with van der Waals surface area (Å²) in [6.45, 7) is 2.26. The molecule has 0 aromatic heterocycles. The van der Waals surface area contributed by atoms with Crippen LogP contribution in [-0.4, -0.2) is 42.3 Å². The highest BCUT2D eigenvalue weighted by molar-refractivity contribution is 8.00. The molecule has 2 heterocycles. The average molecular weight is 492 g/mol. The van der Waals surface area contributed by atoms with Crippen LogP contribution in [0.2, 0.25) is 0 Å². The smallest absolute Gasteiger partial charge is 0.218 e. The maximum absolute atomic E-state index is 12.1. The monoisotopic (exact) mass is 491 g/mol. The van der Waals surface area contributed by atoms with E-state index in [0.29, 0.717) is 13.2 Å². The molecule has 3 aromatic rings. The number of thioether (sulfide) groups is 1. The van der Waals surface area contributed by atoms with Gasteiger partial charge in [-0.1, -0.05) is 78.9 Å². The summed E-state index contributed by atoms with van der Waals surface area (Å²) < 4.78 is 25.5. The van der Waals surface area contributed by atoms with Gasteiger partial charge in [0.2, 0.25) is 5.91 Å². The van der Waals surface area contributed by atoms with Gasteiger partial charge in [-0.2, -0.15) is 0 Å². The second kappa shape index (κ2) is 11.4. The van der Waals surface area contributed by atoms with Gasteiger partial charge < -0.3 is 24.3 Å². The van der Waals surface area contributed by atoms with Crippen molar-refractivity contribution in [2.75, 3.05) is 6.61 Å². The van der Waals surface area contributed by atoms with Gasteiger partial charge in [-0.25, -0.2) is 0 Å². The van der Waals surface area contributed by atoms with E-state index in [1.165, 1.54) is 6.92 Å². The van der Waals surface area contributed by atoms with E-state index < -0.39 is 12.5 Å². The molecule has 2 aliphatic rings. The van der Waals surface area contributed by atoms with E-state index in [0.717, 1.165) is 16.0 Å². The van der Waals surface area contributed by atoms with E-state index in [1.54, 1.807) is 11.8 Å². The number of fused-ring (bicyclic) bond motifs is 1. The second-order valence-electron chi connectivity index (χ2n) is 8.63. The lowest BCUT2D eigenvalue weighted by molar-refractivity contribution is -0.315. The molecular formula is C28H29NO5S. The lowest BCUT2D eigenvalue weighted by Crippen LogP contribution is -2.65. The number of hydrogen-bond donors (Lipinski definition) is 1. The summed E-state index contributed by atoms with van der Waals surface area (Å²) >= 11 is 1.63. The first kappa shape index (κ1) is 24.0. The molecule has 0 saturated carbocycles. The maximum atomic E-state index is 12.1. The summed E-state index contributed by atoms with van der Waals surface area (Å²) in [5.74, 6) is -0.159. The summed E-state index contributed by atoms with van der Waals surface area (Å²) in [6, 6.07) is 30.0. The molecule has 0 aliphatic carbocycles. The molecule has 3 aromatic carbocycles. The Kier molecular flexibility index (Phi) is 7.81. The number of carbonyl (C=O) groups excluding carboxylic acids is 1. The van der Waals surface area contributed by atoms with E-state index in [4.69, 9.17) is 18.9 Å². The van der Waals surface area contributed by atoms with Crippen LogP contribution >= 0.6 is 11.8 Å². The highest BCUT2D eigenvalue weighted by Gasteiger charge is 2.51. The SMILES string of the molecule is CC(=O)N[C@@H]1O[C@@H]2COC(c3ccccc3)O[C@H]2[C@H](OCc2ccccc2)[C@H]1Sc1ccccc1. The van der Waals surface area contributed by atoms with Crippen molar-refractivity contribution in [1.82, 2.24) is 5.32 Å². The van der Waals surface area contributed by atoms with Crippen molar-refractivity contribution in [3.8, 4) is 0 Å². The minimum atomic E-state index is -0.555. The van der Waals surface area contributed by atoms with Gasteiger partial charge in [-0.3, -0.25) is 4.79 Å². The number of carbonyl (C=O) groups is 1. The van der Waals surface area contributed by atoms with Crippen molar-refractivity contribution in [3.05, 3.63) is 102 Å². The third kappa shape index (κ3) is 5.94. The van der Waals surface area contributed by atoms with Crippen LogP contribution in [0, 0.1) is 0 Å². The van der Waals surface area contributed by atoms with Crippen molar-refractivity contribution in [1.29, 1.82) is 0 Å². The Labute approximate surface area is 209 Å². The molecule has 1 N–H and O–H groups in total. The lowest BCUT2D eigenvalue weighted by atomic mass is 9.98. The molecule has 182 valence electrons. The summed E-state index contributed by atoms with van der Waals surface area (Å²) in [7, 11) is 0. The van der Waals surface area contributed by atoms with Crippen LogP contribution in [0.5, 0.6) is 0 Å². The van der Waals surface area contributed by atoms with Crippen molar-refractivity contribution in [2.24, 2.45) is 0 Å². The highest BCUT2D eigenvalue weighted by atomic mass is 32.2. The van der Waals surface area contributed by atoms with Gasteiger partial charge in [0.05, 0.1) is 18.5 Å². The normalized spacial score (nSPS) is 28.1. The van der Waals surface area contributed by atoms with Crippen LogP contribution in [0.15, 0.2) is 95.9 Å². The summed E-state index contributed by atoms with van der Waals surface area (Å²) in [5.41, 5.74) is 2.02. The largest absolute Gasteiger partial charge is 0.369 e. The Morgan fingerprint density at radius 3 is 2.29 bits per heavy atom. The molecule has 1 unspecified atom stereocenters. The van der Waals surface area contributed by atoms with E-state index in [1.807, 2.05) is 91.0 Å². The summed E-state index contributed by atoms with van der Waals surface area (Å²) in [6.07, 6.45) is -2.17. The lowest BCUT2D eigenvalue weighted by Gasteiger charge is -2.49. The van der Waals surface area contributed by atoms with Crippen LogP contribution in [0.25, 0.3) is 0 Å². The molecular weight excluding hydrogens is 462 g/mol. The predicted molar refractivity (Wildman–Crippen MR) is 134 cm³/mol. The Hall–Kier alpha value is -2.68. The number of nitrogens with one attached hydrogen (secondary N) is 1. The molecule has 2 saturated heterocycles. The van der Waals surface area contributed by atoms with Gasteiger partial charge in [-0.05, 0) is 17.7 Å². The number of ether oxygens (including phenoxy) is 4. The quantitative estimate of drug-likeness (QED) is 0.517. The van der Waals surface area contributed by atoms with E-state index in [9.17, 15) is 4.79 Å². The zero-order valence-corrected chi connectivity index (χ0v) is 20.3. The van der Waals surface area contributed by atoms with E-state index in [2.05, 4.69) is 5.32 Å². The Morgan fingerprint density at radius 2 is 1.60 bits per heavy atom. The van der Waals surface area contributed by atoms with Crippen LogP contribution in [0.4, 0.5) is 0 Å². The van der Waals surface area contributed by atoms with Gasteiger partial charge in [0.15, 0.2) is 6.29 Å². The first-order valence-corrected chi connectivity index (χ1v) is 12.7. The molecule has 5 rings (SSSR count). The topological polar surface area (TPSA) is 66.0 Å². The first-order valence-electron chi connectivity index (χ1n) is 11.8. The van der Waals surface area contributed by atoms with Gasteiger partial charge >= 0.3 is 0 Å².